The predicted octanol–water partition coefficient (Wildman–Crippen LogP) is 3.19. The van der Waals surface area contributed by atoms with Crippen LogP contribution in [0.15, 0.2) is 0 Å². The van der Waals surface area contributed by atoms with Crippen LogP contribution < -0.4 is 5.43 Å². The smallest absolute Gasteiger partial charge is 0.0322 e. The van der Waals surface area contributed by atoms with Crippen LogP contribution in [-0.2, 0) is 0 Å². The summed E-state index contributed by atoms with van der Waals surface area (Å²) < 4.78 is 0. The Labute approximate surface area is 106 Å². The molecule has 1 unspecified atom stereocenters. The molecule has 0 aromatic rings. The van der Waals surface area contributed by atoms with Crippen molar-refractivity contribution in [3.8, 4) is 0 Å². The molecule has 0 radical (unpaired) electrons. The molecule has 2 heteroatoms. The molecular formula is C15H28N2. The van der Waals surface area contributed by atoms with Crippen LogP contribution in [0.25, 0.3) is 0 Å². The van der Waals surface area contributed by atoms with Gasteiger partial charge >= 0.3 is 0 Å². The first-order valence-corrected chi connectivity index (χ1v) is 7.53. The van der Waals surface area contributed by atoms with Gasteiger partial charge in [0.05, 0.1) is 0 Å². The molecule has 3 rings (SSSR count). The zero-order chi connectivity index (χ0) is 12.1. The highest BCUT2D eigenvalue weighted by atomic mass is 15.5. The van der Waals surface area contributed by atoms with Crippen molar-refractivity contribution < 1.29 is 0 Å². The van der Waals surface area contributed by atoms with E-state index in [0.29, 0.717) is 16.9 Å². The van der Waals surface area contributed by atoms with Crippen molar-refractivity contribution in [2.24, 2.45) is 16.7 Å². The highest BCUT2D eigenvalue weighted by Gasteiger charge is 2.59. The molecule has 1 aliphatic heterocycles. The Bertz CT molecular complexity index is 289. The number of hydrazine groups is 1. The number of nitrogens with one attached hydrogen (secondary N) is 1. The van der Waals surface area contributed by atoms with Crippen molar-refractivity contribution in [2.45, 2.75) is 65.3 Å². The summed E-state index contributed by atoms with van der Waals surface area (Å²) in [6.07, 6.45) is 8.52. The third-order valence-electron chi connectivity index (χ3n) is 5.94. The quantitative estimate of drug-likeness (QED) is 0.792. The molecule has 0 aromatic carbocycles. The van der Waals surface area contributed by atoms with E-state index in [1.807, 2.05) is 0 Å². The van der Waals surface area contributed by atoms with Gasteiger partial charge in [0, 0.05) is 19.1 Å². The highest BCUT2D eigenvalue weighted by molar-refractivity contribution is 5.11. The highest BCUT2D eigenvalue weighted by Crippen LogP contribution is 2.62. The van der Waals surface area contributed by atoms with Crippen molar-refractivity contribution >= 4 is 0 Å². The Morgan fingerprint density at radius 1 is 1.06 bits per heavy atom. The maximum Gasteiger partial charge on any atom is 0.0322 e. The number of fused-ring (bicyclic) bond motifs is 2. The van der Waals surface area contributed by atoms with Crippen molar-refractivity contribution in [2.75, 3.05) is 13.1 Å². The second-order valence-corrected chi connectivity index (χ2v) is 7.52. The summed E-state index contributed by atoms with van der Waals surface area (Å²) in [6.45, 7) is 10.0. The van der Waals surface area contributed by atoms with E-state index >= 15 is 0 Å². The van der Waals surface area contributed by atoms with Crippen LogP contribution in [0, 0.1) is 16.7 Å². The minimum Gasteiger partial charge on any atom is -0.251 e. The van der Waals surface area contributed by atoms with Crippen LogP contribution >= 0.6 is 0 Å². The fraction of sp³-hybridized carbons (Fsp3) is 1.00. The van der Waals surface area contributed by atoms with E-state index in [1.54, 1.807) is 0 Å². The van der Waals surface area contributed by atoms with Crippen molar-refractivity contribution in [3.05, 3.63) is 0 Å². The summed E-state index contributed by atoms with van der Waals surface area (Å²) >= 11 is 0. The number of rotatable bonds is 2. The van der Waals surface area contributed by atoms with Gasteiger partial charge in [0.15, 0.2) is 0 Å². The van der Waals surface area contributed by atoms with Gasteiger partial charge in [0.2, 0.25) is 0 Å². The van der Waals surface area contributed by atoms with E-state index in [9.17, 15) is 0 Å². The molecule has 3 fully saturated rings. The average Bonchev–Trinajstić information content (AvgIpc) is 2.77. The molecule has 3 aliphatic rings. The van der Waals surface area contributed by atoms with Gasteiger partial charge in [-0.3, -0.25) is 5.43 Å². The largest absolute Gasteiger partial charge is 0.251 e. The van der Waals surface area contributed by atoms with E-state index in [2.05, 4.69) is 31.2 Å². The molecule has 2 aliphatic carbocycles. The van der Waals surface area contributed by atoms with Crippen LogP contribution in [0.2, 0.25) is 0 Å². The third-order valence-corrected chi connectivity index (χ3v) is 5.94. The third kappa shape index (κ3) is 1.84. The molecule has 2 saturated carbocycles. The molecule has 98 valence electrons. The first-order valence-electron chi connectivity index (χ1n) is 7.53. The van der Waals surface area contributed by atoms with Gasteiger partial charge in [-0.15, -0.1) is 0 Å². The molecule has 0 amide bonds. The molecule has 17 heavy (non-hydrogen) atoms. The Morgan fingerprint density at radius 2 is 1.76 bits per heavy atom. The minimum atomic E-state index is 0.491. The Balaban J connectivity index is 1.73. The lowest BCUT2D eigenvalue weighted by Gasteiger charge is -2.46. The first-order chi connectivity index (χ1) is 8.02. The van der Waals surface area contributed by atoms with Crippen molar-refractivity contribution in [3.63, 3.8) is 0 Å². The SMILES string of the molecule is CC1(C)C(NN2CCCCC2)[C@]2(C)CC[C@H]1C2. The topological polar surface area (TPSA) is 15.3 Å². The van der Waals surface area contributed by atoms with E-state index in [4.69, 9.17) is 0 Å². The molecule has 2 nitrogen and oxygen atoms in total. The summed E-state index contributed by atoms with van der Waals surface area (Å²) in [4.78, 5) is 0. The summed E-state index contributed by atoms with van der Waals surface area (Å²) in [5, 5.41) is 2.52. The Hall–Kier alpha value is -0.0800. The zero-order valence-electron chi connectivity index (χ0n) is 11.8. The molecule has 2 bridgehead atoms. The maximum absolute atomic E-state index is 3.91. The minimum absolute atomic E-state index is 0.491. The molecule has 0 aromatic heterocycles. The number of nitrogens with zero attached hydrogens (tertiary/aromatic N) is 1. The molecule has 1 N–H and O–H groups in total. The number of piperidine rings is 1. The molecule has 1 heterocycles. The van der Waals surface area contributed by atoms with Crippen LogP contribution in [0.4, 0.5) is 0 Å². The van der Waals surface area contributed by atoms with Gasteiger partial charge in [0.25, 0.3) is 0 Å². The lowest BCUT2D eigenvalue weighted by Crippen LogP contribution is -2.57. The molecule has 0 spiro atoms. The van der Waals surface area contributed by atoms with E-state index in [0.717, 1.165) is 5.92 Å². The van der Waals surface area contributed by atoms with Gasteiger partial charge in [-0.25, -0.2) is 5.01 Å². The molecule has 1 saturated heterocycles. The van der Waals surface area contributed by atoms with E-state index in [1.165, 1.54) is 51.6 Å². The second kappa shape index (κ2) is 3.96. The average molecular weight is 236 g/mol. The van der Waals surface area contributed by atoms with Gasteiger partial charge in [0.1, 0.15) is 0 Å². The Morgan fingerprint density at radius 3 is 2.35 bits per heavy atom. The fourth-order valence-electron chi connectivity index (χ4n) is 4.83. The van der Waals surface area contributed by atoms with Crippen LogP contribution in [-0.4, -0.2) is 24.1 Å². The zero-order valence-corrected chi connectivity index (χ0v) is 11.8. The maximum atomic E-state index is 3.91. The monoisotopic (exact) mass is 236 g/mol. The number of hydrogen-bond donors (Lipinski definition) is 1. The van der Waals surface area contributed by atoms with Gasteiger partial charge in [-0.2, -0.15) is 0 Å². The van der Waals surface area contributed by atoms with Crippen LogP contribution in [0.5, 0.6) is 0 Å². The van der Waals surface area contributed by atoms with Crippen LogP contribution in [0.1, 0.15) is 59.3 Å². The normalized spacial score (nSPS) is 45.4. The van der Waals surface area contributed by atoms with Gasteiger partial charge in [-0.05, 0) is 48.9 Å². The van der Waals surface area contributed by atoms with E-state index < -0.39 is 0 Å². The predicted molar refractivity (Wildman–Crippen MR) is 71.6 cm³/mol. The second-order valence-electron chi connectivity index (χ2n) is 7.52. The van der Waals surface area contributed by atoms with Gasteiger partial charge in [-0.1, -0.05) is 27.2 Å². The van der Waals surface area contributed by atoms with Crippen molar-refractivity contribution in [1.82, 2.24) is 10.4 Å². The van der Waals surface area contributed by atoms with Crippen LogP contribution in [0.3, 0.4) is 0 Å². The molecule has 3 atom stereocenters. The summed E-state index contributed by atoms with van der Waals surface area (Å²) in [5.41, 5.74) is 4.96. The standard InChI is InChI=1S/C15H28N2/c1-14(2)12-7-8-15(3,11-12)13(14)16-17-9-5-4-6-10-17/h12-13,16H,4-11H2,1-3H3/t12-,13?,15+/m0/s1. The summed E-state index contributed by atoms with van der Waals surface area (Å²) in [6, 6.07) is 0.701. The fourth-order valence-corrected chi connectivity index (χ4v) is 4.83. The molecular weight excluding hydrogens is 208 g/mol. The Kier molecular flexibility index (Phi) is 2.79. The van der Waals surface area contributed by atoms with Gasteiger partial charge < -0.3 is 0 Å². The van der Waals surface area contributed by atoms with E-state index in [-0.39, 0.29) is 0 Å². The lowest BCUT2D eigenvalue weighted by molar-refractivity contribution is 0.0217. The lowest BCUT2D eigenvalue weighted by atomic mass is 9.68. The summed E-state index contributed by atoms with van der Waals surface area (Å²) in [7, 11) is 0. The van der Waals surface area contributed by atoms with Crippen molar-refractivity contribution in [1.29, 1.82) is 0 Å². The number of hydrogen-bond acceptors (Lipinski definition) is 2. The summed E-state index contributed by atoms with van der Waals surface area (Å²) in [5.74, 6) is 0.954. The first kappa shape index (κ1) is 12.0.